The van der Waals surface area contributed by atoms with Crippen molar-refractivity contribution < 1.29 is 0 Å². The van der Waals surface area contributed by atoms with Gasteiger partial charge in [-0.05, 0) is 38.4 Å². The van der Waals surface area contributed by atoms with Crippen molar-refractivity contribution in [1.29, 1.82) is 0 Å². The van der Waals surface area contributed by atoms with E-state index in [1.54, 1.807) is 0 Å². The molecule has 2 aliphatic rings. The summed E-state index contributed by atoms with van der Waals surface area (Å²) < 4.78 is 0. The van der Waals surface area contributed by atoms with Crippen molar-refractivity contribution in [3.8, 4) is 0 Å². The Morgan fingerprint density at radius 3 is 2.58 bits per heavy atom. The topological polar surface area (TPSA) is 62.4 Å². The number of hydrazine groups is 1. The normalized spacial score (nSPS) is 30.1. The summed E-state index contributed by atoms with van der Waals surface area (Å²) in [7, 11) is 0. The third-order valence-corrected chi connectivity index (χ3v) is 5.42. The zero-order chi connectivity index (χ0) is 13.5. The number of hydrogen-bond acceptors (Lipinski definition) is 3. The van der Waals surface area contributed by atoms with Gasteiger partial charge < -0.3 is 5.32 Å². The number of nitrogens with zero attached hydrogens (tertiary/aromatic N) is 1. The Bertz CT molecular complexity index is 289. The van der Waals surface area contributed by atoms with Crippen LogP contribution in [0, 0.1) is 0 Å². The second-order valence-corrected chi connectivity index (χ2v) is 6.92. The van der Waals surface area contributed by atoms with E-state index < -0.39 is 0 Å². The summed E-state index contributed by atoms with van der Waals surface area (Å²) in [6, 6.07) is 0.997. The van der Waals surface area contributed by atoms with E-state index in [-0.39, 0.29) is 0 Å². The molecule has 2 atom stereocenters. The average molecular weight is 284 g/mol. The van der Waals surface area contributed by atoms with Crippen molar-refractivity contribution in [3.05, 3.63) is 0 Å². The first-order valence-corrected chi connectivity index (χ1v) is 8.94. The Balaban J connectivity index is 1.85. The standard InChI is InChI=1S/C14H28N4S/c1-19-13-9-5-8-12(10-13)17-14(18-15)16-11-6-3-2-4-7-11/h11-13H,2-10,15H2,1H3,(H2,16,17,18). The second-order valence-electron chi connectivity index (χ2n) is 5.78. The van der Waals surface area contributed by atoms with Gasteiger partial charge in [-0.3, -0.25) is 5.43 Å². The number of nitrogens with one attached hydrogen (secondary N) is 2. The molecular weight excluding hydrogens is 256 g/mol. The third kappa shape index (κ3) is 4.88. The molecular formula is C14H28N4S. The van der Waals surface area contributed by atoms with Gasteiger partial charge in [0.2, 0.25) is 5.96 Å². The van der Waals surface area contributed by atoms with E-state index in [1.165, 1.54) is 57.8 Å². The van der Waals surface area contributed by atoms with Gasteiger partial charge in [0.15, 0.2) is 0 Å². The van der Waals surface area contributed by atoms with Gasteiger partial charge in [-0.1, -0.05) is 25.7 Å². The Morgan fingerprint density at radius 1 is 1.11 bits per heavy atom. The van der Waals surface area contributed by atoms with Crippen molar-refractivity contribution in [2.24, 2.45) is 10.8 Å². The Morgan fingerprint density at radius 2 is 1.89 bits per heavy atom. The van der Waals surface area contributed by atoms with Crippen LogP contribution in [0.2, 0.25) is 0 Å². The molecule has 0 aliphatic heterocycles. The van der Waals surface area contributed by atoms with Gasteiger partial charge >= 0.3 is 0 Å². The number of aliphatic imine (C=N–C) groups is 1. The summed E-state index contributed by atoms with van der Waals surface area (Å²) in [4.78, 5) is 4.76. The molecule has 2 aliphatic carbocycles. The monoisotopic (exact) mass is 284 g/mol. The second kappa shape index (κ2) is 8.00. The lowest BCUT2D eigenvalue weighted by molar-refractivity contribution is 0.412. The van der Waals surface area contributed by atoms with Gasteiger partial charge in [0.25, 0.3) is 0 Å². The molecule has 2 fully saturated rings. The van der Waals surface area contributed by atoms with Gasteiger partial charge in [-0.15, -0.1) is 0 Å². The van der Waals surface area contributed by atoms with Crippen LogP contribution in [0.25, 0.3) is 0 Å². The molecule has 4 nitrogen and oxygen atoms in total. The zero-order valence-corrected chi connectivity index (χ0v) is 12.8. The summed E-state index contributed by atoms with van der Waals surface area (Å²) >= 11 is 1.99. The Kier molecular flexibility index (Phi) is 6.31. The van der Waals surface area contributed by atoms with E-state index in [0.29, 0.717) is 12.1 Å². The minimum Gasteiger partial charge on any atom is -0.353 e. The summed E-state index contributed by atoms with van der Waals surface area (Å²) in [5, 5.41) is 4.31. The fourth-order valence-electron chi connectivity index (χ4n) is 3.19. The molecule has 0 heterocycles. The summed E-state index contributed by atoms with van der Waals surface area (Å²) in [5.41, 5.74) is 2.76. The van der Waals surface area contributed by atoms with Crippen molar-refractivity contribution in [3.63, 3.8) is 0 Å². The molecule has 0 aromatic rings. The van der Waals surface area contributed by atoms with Crippen LogP contribution in [0.3, 0.4) is 0 Å². The Labute approximate surface area is 121 Å². The molecule has 19 heavy (non-hydrogen) atoms. The maximum absolute atomic E-state index is 5.63. The lowest BCUT2D eigenvalue weighted by Crippen LogP contribution is -2.48. The molecule has 5 heteroatoms. The molecule has 4 N–H and O–H groups in total. The maximum Gasteiger partial charge on any atom is 0.206 e. The quantitative estimate of drug-likeness (QED) is 0.322. The number of hydrogen-bond donors (Lipinski definition) is 3. The number of nitrogens with two attached hydrogens (primary N) is 1. The minimum atomic E-state index is 0.465. The number of guanidine groups is 1. The molecule has 0 spiro atoms. The number of thioether (sulfide) groups is 1. The number of rotatable bonds is 3. The van der Waals surface area contributed by atoms with E-state index in [1.807, 2.05) is 11.8 Å². The lowest BCUT2D eigenvalue weighted by Gasteiger charge is -2.30. The zero-order valence-electron chi connectivity index (χ0n) is 12.0. The smallest absolute Gasteiger partial charge is 0.206 e. The predicted octanol–water partition coefficient (Wildman–Crippen LogP) is 2.40. The molecule has 2 rings (SSSR count). The van der Waals surface area contributed by atoms with Crippen molar-refractivity contribution in [1.82, 2.24) is 10.7 Å². The molecule has 2 saturated carbocycles. The molecule has 0 radical (unpaired) electrons. The van der Waals surface area contributed by atoms with Crippen LogP contribution in [0.4, 0.5) is 0 Å². The minimum absolute atomic E-state index is 0.465. The van der Waals surface area contributed by atoms with Crippen LogP contribution in [0.1, 0.15) is 57.8 Å². The van der Waals surface area contributed by atoms with Gasteiger partial charge in [0, 0.05) is 11.3 Å². The predicted molar refractivity (Wildman–Crippen MR) is 84.3 cm³/mol. The highest BCUT2D eigenvalue weighted by Gasteiger charge is 2.22. The van der Waals surface area contributed by atoms with Crippen LogP contribution in [-0.4, -0.2) is 29.5 Å². The van der Waals surface area contributed by atoms with Crippen molar-refractivity contribution in [2.75, 3.05) is 6.26 Å². The molecule has 0 bridgehead atoms. The van der Waals surface area contributed by atoms with E-state index in [2.05, 4.69) is 17.0 Å². The van der Waals surface area contributed by atoms with Gasteiger partial charge in [-0.2, -0.15) is 11.8 Å². The van der Waals surface area contributed by atoms with Crippen LogP contribution < -0.4 is 16.6 Å². The molecule has 0 aromatic heterocycles. The van der Waals surface area contributed by atoms with E-state index >= 15 is 0 Å². The SMILES string of the molecule is CSC1CCCC(NC(=NC2CCCCC2)NN)C1. The van der Waals surface area contributed by atoms with E-state index in [4.69, 9.17) is 10.8 Å². The van der Waals surface area contributed by atoms with Gasteiger partial charge in [0.1, 0.15) is 0 Å². The first kappa shape index (κ1) is 15.0. The fraction of sp³-hybridized carbons (Fsp3) is 0.929. The van der Waals surface area contributed by atoms with Crippen molar-refractivity contribution in [2.45, 2.75) is 75.1 Å². The summed E-state index contributed by atoms with van der Waals surface area (Å²) in [6.45, 7) is 0. The highest BCUT2D eigenvalue weighted by molar-refractivity contribution is 7.99. The molecule has 0 aromatic carbocycles. The summed E-state index contributed by atoms with van der Waals surface area (Å²) in [6.07, 6.45) is 13.8. The van der Waals surface area contributed by atoms with Crippen LogP contribution in [0.15, 0.2) is 4.99 Å². The van der Waals surface area contributed by atoms with Crippen LogP contribution >= 0.6 is 11.8 Å². The Hall–Kier alpha value is -0.420. The average Bonchev–Trinajstić information content (AvgIpc) is 2.48. The first-order valence-electron chi connectivity index (χ1n) is 7.65. The fourth-order valence-corrected chi connectivity index (χ4v) is 4.02. The molecule has 110 valence electrons. The van der Waals surface area contributed by atoms with Gasteiger partial charge in [-0.25, -0.2) is 10.8 Å². The first-order chi connectivity index (χ1) is 9.31. The van der Waals surface area contributed by atoms with Crippen LogP contribution in [0.5, 0.6) is 0 Å². The maximum atomic E-state index is 5.63. The van der Waals surface area contributed by atoms with Crippen LogP contribution in [-0.2, 0) is 0 Å². The summed E-state index contributed by atoms with van der Waals surface area (Å²) in [5.74, 6) is 6.43. The molecule has 0 saturated heterocycles. The van der Waals surface area contributed by atoms with E-state index in [9.17, 15) is 0 Å². The lowest BCUT2D eigenvalue weighted by atomic mass is 9.95. The highest BCUT2D eigenvalue weighted by Crippen LogP contribution is 2.27. The highest BCUT2D eigenvalue weighted by atomic mass is 32.2. The molecule has 2 unspecified atom stereocenters. The third-order valence-electron chi connectivity index (χ3n) is 4.32. The van der Waals surface area contributed by atoms with E-state index in [0.717, 1.165) is 11.2 Å². The molecule has 0 amide bonds. The van der Waals surface area contributed by atoms with Crippen molar-refractivity contribution >= 4 is 17.7 Å². The largest absolute Gasteiger partial charge is 0.353 e. The van der Waals surface area contributed by atoms with Gasteiger partial charge in [0.05, 0.1) is 6.04 Å².